The first kappa shape index (κ1) is 14.5. The number of aromatic nitrogens is 2. The van der Waals surface area contributed by atoms with Crippen molar-refractivity contribution in [2.45, 2.75) is 32.4 Å². The number of amides is 2. The Hall–Kier alpha value is -2.08. The fourth-order valence-corrected chi connectivity index (χ4v) is 3.73. The number of imidazole rings is 1. The van der Waals surface area contributed by atoms with Gasteiger partial charge in [-0.15, -0.1) is 0 Å². The largest absolute Gasteiger partial charge is 0.336 e. The maximum Gasteiger partial charge on any atom is 0.317 e. The van der Waals surface area contributed by atoms with Gasteiger partial charge in [-0.05, 0) is 31.4 Å². The monoisotopic (exact) mass is 313 g/mol. The van der Waals surface area contributed by atoms with Crippen molar-refractivity contribution in [3.05, 3.63) is 35.8 Å². The molecule has 0 bridgehead atoms. The van der Waals surface area contributed by atoms with E-state index in [0.717, 1.165) is 56.9 Å². The van der Waals surface area contributed by atoms with Crippen molar-refractivity contribution < 1.29 is 4.79 Å². The number of piperidine rings is 1. The molecule has 23 heavy (non-hydrogen) atoms. The van der Waals surface area contributed by atoms with E-state index >= 15 is 0 Å². The van der Waals surface area contributed by atoms with Gasteiger partial charge in [0.2, 0.25) is 0 Å². The molecule has 6 heteroatoms. The van der Waals surface area contributed by atoms with Crippen LogP contribution in [0.3, 0.4) is 0 Å². The van der Waals surface area contributed by atoms with Crippen LogP contribution in [0.25, 0.3) is 5.65 Å². The molecular weight excluding hydrogens is 290 g/mol. The quantitative estimate of drug-likeness (QED) is 0.937. The van der Waals surface area contributed by atoms with Gasteiger partial charge >= 0.3 is 6.03 Å². The first-order valence-corrected chi connectivity index (χ1v) is 8.41. The molecule has 0 unspecified atom stereocenters. The van der Waals surface area contributed by atoms with Crippen molar-refractivity contribution in [3.63, 3.8) is 0 Å². The van der Waals surface area contributed by atoms with Crippen LogP contribution in [-0.4, -0.2) is 57.4 Å². The first-order valence-electron chi connectivity index (χ1n) is 8.41. The average Bonchev–Trinajstić information content (AvgIpc) is 3.15. The number of likely N-dealkylation sites (tertiary alicyclic amines) is 1. The van der Waals surface area contributed by atoms with E-state index in [1.54, 1.807) is 0 Å². The van der Waals surface area contributed by atoms with Crippen LogP contribution in [-0.2, 0) is 6.54 Å². The van der Waals surface area contributed by atoms with Crippen LogP contribution in [0.15, 0.2) is 24.5 Å². The molecule has 2 fully saturated rings. The van der Waals surface area contributed by atoms with Crippen molar-refractivity contribution >= 4 is 11.7 Å². The van der Waals surface area contributed by atoms with E-state index in [0.29, 0.717) is 6.04 Å². The lowest BCUT2D eigenvalue weighted by Gasteiger charge is -2.35. The number of nitrogens with zero attached hydrogens (tertiary/aromatic N) is 4. The summed E-state index contributed by atoms with van der Waals surface area (Å²) in [7, 11) is 0. The Balaban J connectivity index is 1.38. The third-order valence-electron chi connectivity index (χ3n) is 5.00. The molecule has 6 nitrogen and oxygen atoms in total. The number of hydrogen-bond acceptors (Lipinski definition) is 3. The zero-order chi connectivity index (χ0) is 15.8. The molecular formula is C17H23N5O. The SMILES string of the molecule is Cc1cccn2cc(CN3CCC(N4CCNC4=O)CC3)nc12. The summed E-state index contributed by atoms with van der Waals surface area (Å²) in [5, 5.41) is 2.90. The summed E-state index contributed by atoms with van der Waals surface area (Å²) in [4.78, 5) is 21.0. The number of fused-ring (bicyclic) bond motifs is 1. The average molecular weight is 313 g/mol. The molecule has 0 radical (unpaired) electrons. The van der Waals surface area contributed by atoms with E-state index in [1.807, 2.05) is 4.90 Å². The van der Waals surface area contributed by atoms with Gasteiger partial charge in [-0.3, -0.25) is 4.90 Å². The second-order valence-electron chi connectivity index (χ2n) is 6.59. The highest BCUT2D eigenvalue weighted by Crippen LogP contribution is 2.20. The van der Waals surface area contributed by atoms with Gasteiger partial charge in [0.15, 0.2) is 0 Å². The number of carbonyl (C=O) groups excluding carboxylic acids is 1. The van der Waals surface area contributed by atoms with Crippen LogP contribution in [0.1, 0.15) is 24.1 Å². The van der Waals surface area contributed by atoms with Crippen molar-refractivity contribution in [1.82, 2.24) is 24.5 Å². The van der Waals surface area contributed by atoms with Crippen LogP contribution in [0.5, 0.6) is 0 Å². The van der Waals surface area contributed by atoms with Gasteiger partial charge in [-0.25, -0.2) is 9.78 Å². The van der Waals surface area contributed by atoms with Crippen molar-refractivity contribution in [2.24, 2.45) is 0 Å². The molecule has 0 atom stereocenters. The third-order valence-corrected chi connectivity index (χ3v) is 5.00. The summed E-state index contributed by atoms with van der Waals surface area (Å²) in [6, 6.07) is 4.66. The fraction of sp³-hybridized carbons (Fsp3) is 0.529. The van der Waals surface area contributed by atoms with Crippen LogP contribution >= 0.6 is 0 Å². The van der Waals surface area contributed by atoms with Gasteiger partial charge in [-0.2, -0.15) is 0 Å². The lowest BCUT2D eigenvalue weighted by molar-refractivity contribution is 0.131. The molecule has 0 aliphatic carbocycles. The minimum atomic E-state index is 0.110. The zero-order valence-electron chi connectivity index (χ0n) is 13.5. The second-order valence-corrected chi connectivity index (χ2v) is 6.59. The van der Waals surface area contributed by atoms with E-state index in [4.69, 9.17) is 4.98 Å². The fourth-order valence-electron chi connectivity index (χ4n) is 3.73. The van der Waals surface area contributed by atoms with Crippen LogP contribution in [0.2, 0.25) is 0 Å². The topological polar surface area (TPSA) is 52.9 Å². The molecule has 2 amide bonds. The van der Waals surface area contributed by atoms with Gasteiger partial charge in [0, 0.05) is 51.2 Å². The lowest BCUT2D eigenvalue weighted by atomic mass is 10.0. The minimum Gasteiger partial charge on any atom is -0.336 e. The highest BCUT2D eigenvalue weighted by molar-refractivity contribution is 5.76. The minimum absolute atomic E-state index is 0.110. The molecule has 0 spiro atoms. The molecule has 122 valence electrons. The van der Waals surface area contributed by atoms with Gasteiger partial charge in [0.1, 0.15) is 5.65 Å². The molecule has 0 saturated carbocycles. The van der Waals surface area contributed by atoms with Crippen molar-refractivity contribution in [3.8, 4) is 0 Å². The van der Waals surface area contributed by atoms with E-state index in [2.05, 4.69) is 46.1 Å². The molecule has 2 aromatic heterocycles. The number of aryl methyl sites for hydroxylation is 1. The number of nitrogens with one attached hydrogen (secondary N) is 1. The Labute approximate surface area is 136 Å². The molecule has 2 aliphatic heterocycles. The summed E-state index contributed by atoms with van der Waals surface area (Å²) >= 11 is 0. The Morgan fingerprint density at radius 2 is 2.13 bits per heavy atom. The van der Waals surface area contributed by atoms with Crippen LogP contribution in [0.4, 0.5) is 4.79 Å². The Kier molecular flexibility index (Phi) is 3.69. The van der Waals surface area contributed by atoms with E-state index < -0.39 is 0 Å². The summed E-state index contributed by atoms with van der Waals surface area (Å²) in [5.41, 5.74) is 3.38. The van der Waals surface area contributed by atoms with Crippen LogP contribution < -0.4 is 5.32 Å². The molecule has 2 saturated heterocycles. The summed E-state index contributed by atoms with van der Waals surface area (Å²) in [5.74, 6) is 0. The van der Waals surface area contributed by atoms with E-state index in [-0.39, 0.29) is 6.03 Å². The molecule has 2 aromatic rings. The van der Waals surface area contributed by atoms with Crippen LogP contribution in [0, 0.1) is 6.92 Å². The zero-order valence-corrected chi connectivity index (χ0v) is 13.5. The Morgan fingerprint density at radius 3 is 2.83 bits per heavy atom. The smallest absolute Gasteiger partial charge is 0.317 e. The van der Waals surface area contributed by atoms with E-state index in [1.165, 1.54) is 5.56 Å². The normalized spacial score (nSPS) is 20.4. The molecule has 4 heterocycles. The van der Waals surface area contributed by atoms with Gasteiger partial charge in [-0.1, -0.05) is 6.07 Å². The highest BCUT2D eigenvalue weighted by atomic mass is 16.2. The van der Waals surface area contributed by atoms with Crippen molar-refractivity contribution in [2.75, 3.05) is 26.2 Å². The Bertz CT molecular complexity index is 717. The number of rotatable bonds is 3. The predicted molar refractivity (Wildman–Crippen MR) is 88.3 cm³/mol. The van der Waals surface area contributed by atoms with Gasteiger partial charge < -0.3 is 14.6 Å². The second kappa shape index (κ2) is 5.85. The van der Waals surface area contributed by atoms with Gasteiger partial charge in [0.25, 0.3) is 0 Å². The summed E-state index contributed by atoms with van der Waals surface area (Å²) in [6.07, 6.45) is 6.29. The maximum absolute atomic E-state index is 11.8. The third kappa shape index (κ3) is 2.79. The summed E-state index contributed by atoms with van der Waals surface area (Å²) < 4.78 is 2.10. The Morgan fingerprint density at radius 1 is 1.30 bits per heavy atom. The van der Waals surface area contributed by atoms with Crippen molar-refractivity contribution in [1.29, 1.82) is 0 Å². The number of pyridine rings is 1. The van der Waals surface area contributed by atoms with Gasteiger partial charge in [0.05, 0.1) is 5.69 Å². The molecule has 4 rings (SSSR count). The number of urea groups is 1. The predicted octanol–water partition coefficient (Wildman–Crippen LogP) is 1.63. The van der Waals surface area contributed by atoms with E-state index in [9.17, 15) is 4.79 Å². The lowest BCUT2D eigenvalue weighted by Crippen LogP contribution is -2.45. The highest BCUT2D eigenvalue weighted by Gasteiger charge is 2.30. The summed E-state index contributed by atoms with van der Waals surface area (Å²) in [6.45, 7) is 6.69. The molecule has 2 aliphatic rings. The molecule has 0 aromatic carbocycles. The molecule has 1 N–H and O–H groups in total. The standard InChI is InChI=1S/C17H23N5O/c1-13-3-2-7-21-12-14(19-16(13)21)11-20-8-4-15(5-9-20)22-10-6-18-17(22)23/h2-3,7,12,15H,4-6,8-11H2,1H3,(H,18,23). The maximum atomic E-state index is 11.8. The number of carbonyl (C=O) groups is 1. The number of hydrogen-bond donors (Lipinski definition) is 1. The first-order chi connectivity index (χ1) is 11.2.